The van der Waals surface area contributed by atoms with Gasteiger partial charge < -0.3 is 14.7 Å². The molecule has 3 aromatic heterocycles. The van der Waals surface area contributed by atoms with E-state index >= 15 is 0 Å². The highest BCUT2D eigenvalue weighted by atomic mass is 32.1. The maximum absolute atomic E-state index is 13.4. The van der Waals surface area contributed by atoms with Crippen LogP contribution < -0.4 is 26.0 Å². The Balaban J connectivity index is 1.78. The summed E-state index contributed by atoms with van der Waals surface area (Å²) in [4.78, 5) is 25.0. The Hall–Kier alpha value is -3.64. The third-order valence-electron chi connectivity index (χ3n) is 5.42. The molecule has 5 nitrogen and oxygen atoms in total. The van der Waals surface area contributed by atoms with Gasteiger partial charge >= 0.3 is 0 Å². The Labute approximate surface area is 182 Å². The van der Waals surface area contributed by atoms with E-state index < -0.39 is 0 Å². The Morgan fingerprint density at radius 1 is 1.13 bits per heavy atom. The van der Waals surface area contributed by atoms with Crippen molar-refractivity contribution in [1.82, 2.24) is 9.97 Å². The fourth-order valence-electron chi connectivity index (χ4n) is 3.95. The minimum Gasteiger partial charge on any atom is -0.494 e. The zero-order valence-electron chi connectivity index (χ0n) is 17.4. The van der Waals surface area contributed by atoms with Gasteiger partial charge in [-0.15, -0.1) is 0 Å². The van der Waals surface area contributed by atoms with Gasteiger partial charge in [-0.3, -0.25) is 4.79 Å². The van der Waals surface area contributed by atoms with Crippen molar-refractivity contribution in [1.29, 1.82) is 0 Å². The monoisotopic (exact) mass is 427 g/mol. The minimum atomic E-state index is -0.0279. The average molecular weight is 428 g/mol. The molecule has 0 saturated carbocycles. The lowest BCUT2D eigenvalue weighted by Crippen LogP contribution is -2.24. The fraction of sp³-hybridized carbons (Fsp3) is 0.120. The van der Waals surface area contributed by atoms with Crippen LogP contribution in [0.4, 0.5) is 0 Å². The number of aromatic amines is 2. The Kier molecular flexibility index (Phi) is 4.71. The molecule has 0 fully saturated rings. The molecule has 1 aliphatic rings. The predicted molar refractivity (Wildman–Crippen MR) is 123 cm³/mol. The third-order valence-corrected chi connectivity index (χ3v) is 6.10. The molecule has 6 heteroatoms. The van der Waals surface area contributed by atoms with Gasteiger partial charge in [-0.25, -0.2) is 4.99 Å². The number of fused-ring (bicyclic) bond motifs is 1. The number of carbonyl (C=O) groups excluding carboxylic acids is 1. The number of ether oxygens (including phenoxy) is 1. The zero-order valence-corrected chi connectivity index (χ0v) is 18.3. The summed E-state index contributed by atoms with van der Waals surface area (Å²) in [5, 5.41) is 7.01. The van der Waals surface area contributed by atoms with Crippen LogP contribution in [0.2, 0.25) is 0 Å². The second kappa shape index (κ2) is 7.56. The Morgan fingerprint density at radius 3 is 2.68 bits per heavy atom. The summed E-state index contributed by atoms with van der Waals surface area (Å²) in [7, 11) is 1.64. The molecule has 154 valence electrons. The van der Waals surface area contributed by atoms with Crippen molar-refractivity contribution in [3.05, 3.63) is 97.0 Å². The molecule has 0 unspecified atom stereocenters. The first-order valence-electron chi connectivity index (χ1n) is 9.96. The lowest BCUT2D eigenvalue weighted by Gasteiger charge is -2.01. The van der Waals surface area contributed by atoms with Crippen LogP contribution in [-0.4, -0.2) is 22.9 Å². The summed E-state index contributed by atoms with van der Waals surface area (Å²) in [5.74, 6) is 0.669. The van der Waals surface area contributed by atoms with Crippen molar-refractivity contribution in [3.8, 4) is 5.75 Å². The summed E-state index contributed by atoms with van der Waals surface area (Å²) in [5.41, 5.74) is 5.18. The molecular weight excluding hydrogens is 406 g/mol. The van der Waals surface area contributed by atoms with Gasteiger partial charge in [-0.05, 0) is 49.1 Å². The highest BCUT2D eigenvalue weighted by Crippen LogP contribution is 2.21. The van der Waals surface area contributed by atoms with Crippen LogP contribution in [0, 0.1) is 13.8 Å². The molecule has 4 aromatic rings. The molecule has 31 heavy (non-hydrogen) atoms. The molecule has 0 saturated heterocycles. The highest BCUT2D eigenvalue weighted by Gasteiger charge is 2.23. The maximum Gasteiger partial charge on any atom is 0.196 e. The van der Waals surface area contributed by atoms with E-state index in [1.54, 1.807) is 7.11 Å². The summed E-state index contributed by atoms with van der Waals surface area (Å²) < 4.78 is 5.63. The number of benzene rings is 1. The number of nitrogens with zero attached hydrogens (tertiary/aromatic N) is 1. The predicted octanol–water partition coefficient (Wildman–Crippen LogP) is 2.33. The summed E-state index contributed by atoms with van der Waals surface area (Å²) in [6, 6.07) is 13.6. The van der Waals surface area contributed by atoms with Crippen LogP contribution in [0.5, 0.6) is 5.75 Å². The van der Waals surface area contributed by atoms with Crippen LogP contribution in [-0.2, 0) is 0 Å². The lowest BCUT2D eigenvalue weighted by atomic mass is 10.0. The van der Waals surface area contributed by atoms with E-state index in [1.807, 2.05) is 60.2 Å². The van der Waals surface area contributed by atoms with Crippen LogP contribution in [0.25, 0.3) is 17.3 Å². The van der Waals surface area contributed by atoms with Crippen molar-refractivity contribution in [2.24, 2.45) is 4.99 Å². The molecule has 0 amide bonds. The van der Waals surface area contributed by atoms with Gasteiger partial charge in [0.15, 0.2) is 5.78 Å². The smallest absolute Gasteiger partial charge is 0.196 e. The normalized spacial score (nSPS) is 15.2. The highest BCUT2D eigenvalue weighted by molar-refractivity contribution is 7.08. The van der Waals surface area contributed by atoms with E-state index in [0.29, 0.717) is 22.6 Å². The SMILES string of the molecule is COc1cc(=C2N=c3ccccc3=C2C(=O)c2ccsc2)[nH]c1=Cc1[nH]c(C)cc1C. The van der Waals surface area contributed by atoms with E-state index in [9.17, 15) is 4.79 Å². The van der Waals surface area contributed by atoms with Crippen molar-refractivity contribution < 1.29 is 9.53 Å². The molecule has 2 N–H and O–H groups in total. The number of carbonyl (C=O) groups is 1. The largest absolute Gasteiger partial charge is 0.494 e. The second-order valence-electron chi connectivity index (χ2n) is 7.55. The number of nitrogens with one attached hydrogen (secondary N) is 2. The molecule has 0 aliphatic carbocycles. The van der Waals surface area contributed by atoms with Crippen molar-refractivity contribution in [3.63, 3.8) is 0 Å². The number of ketones is 1. The van der Waals surface area contributed by atoms with Crippen LogP contribution in [0.1, 0.15) is 27.3 Å². The van der Waals surface area contributed by atoms with Crippen molar-refractivity contribution in [2.45, 2.75) is 13.8 Å². The molecule has 5 rings (SSSR count). The van der Waals surface area contributed by atoms with Gasteiger partial charge in [0.05, 0.1) is 34.4 Å². The maximum atomic E-state index is 13.4. The Bertz CT molecular complexity index is 1550. The zero-order chi connectivity index (χ0) is 21.5. The number of thiophene rings is 1. The van der Waals surface area contributed by atoms with E-state index in [0.717, 1.165) is 38.2 Å². The quantitative estimate of drug-likeness (QED) is 0.491. The molecular formula is C25H21N3O2S. The van der Waals surface area contributed by atoms with E-state index in [1.165, 1.54) is 11.3 Å². The van der Waals surface area contributed by atoms with E-state index in [2.05, 4.69) is 23.0 Å². The van der Waals surface area contributed by atoms with Crippen molar-refractivity contribution >= 4 is 34.5 Å². The number of aryl methyl sites for hydroxylation is 2. The van der Waals surface area contributed by atoms with Gasteiger partial charge in [-0.1, -0.05) is 18.2 Å². The molecule has 0 radical (unpaired) electrons. The van der Waals surface area contributed by atoms with Gasteiger partial charge in [0, 0.05) is 33.6 Å². The third kappa shape index (κ3) is 3.35. The van der Waals surface area contributed by atoms with Gasteiger partial charge in [-0.2, -0.15) is 11.3 Å². The number of para-hydroxylation sites is 1. The molecule has 0 spiro atoms. The average Bonchev–Trinajstić information content (AvgIpc) is 3.53. The number of methoxy groups -OCH3 is 1. The van der Waals surface area contributed by atoms with Crippen LogP contribution >= 0.6 is 11.3 Å². The van der Waals surface area contributed by atoms with Gasteiger partial charge in [0.1, 0.15) is 5.75 Å². The van der Waals surface area contributed by atoms with E-state index in [4.69, 9.17) is 9.73 Å². The number of Topliss-reactive ketones (excluding diaryl/α,β-unsaturated/α-hetero) is 1. The summed E-state index contributed by atoms with van der Waals surface area (Å²) in [6.45, 7) is 4.10. The number of hydrogen-bond donors (Lipinski definition) is 2. The number of aromatic nitrogens is 2. The van der Waals surface area contributed by atoms with Gasteiger partial charge in [0.2, 0.25) is 0 Å². The molecule has 0 atom stereocenters. The summed E-state index contributed by atoms with van der Waals surface area (Å²) in [6.07, 6.45) is 2.02. The van der Waals surface area contributed by atoms with Gasteiger partial charge in [0.25, 0.3) is 0 Å². The first kappa shape index (κ1) is 19.3. The topological polar surface area (TPSA) is 70.2 Å². The second-order valence-corrected chi connectivity index (χ2v) is 8.33. The summed E-state index contributed by atoms with van der Waals surface area (Å²) >= 11 is 1.51. The standard InChI is InChI=1S/C25H21N3O2S/c1-14-10-15(2)26-19(14)11-20-22(30-3)12-21(27-20)24-23(25(29)16-8-9-31-13-16)17-6-4-5-7-18(17)28-24/h4-13,26-27H,1-3H3. The first-order chi connectivity index (χ1) is 15.0. The number of rotatable bonds is 4. The molecule has 1 aromatic carbocycles. The number of H-pyrrole nitrogens is 2. The first-order valence-corrected chi connectivity index (χ1v) is 10.9. The number of hydrogen-bond acceptors (Lipinski definition) is 4. The van der Waals surface area contributed by atoms with Crippen LogP contribution in [0.3, 0.4) is 0 Å². The van der Waals surface area contributed by atoms with Crippen molar-refractivity contribution in [2.75, 3.05) is 7.11 Å². The Morgan fingerprint density at radius 2 is 1.97 bits per heavy atom. The van der Waals surface area contributed by atoms with Crippen LogP contribution in [0.15, 0.2) is 58.2 Å². The van der Waals surface area contributed by atoms with E-state index in [-0.39, 0.29) is 5.78 Å². The molecule has 0 bridgehead atoms. The molecule has 1 aliphatic heterocycles. The molecule has 4 heterocycles. The fourth-order valence-corrected chi connectivity index (χ4v) is 4.58. The minimum absolute atomic E-state index is 0.0279. The lowest BCUT2D eigenvalue weighted by molar-refractivity contribution is 0.105.